The Morgan fingerprint density at radius 1 is 0.231 bits per heavy atom. The Labute approximate surface area is 381 Å². The summed E-state index contributed by atoms with van der Waals surface area (Å²) in [6.45, 7) is 0. The Morgan fingerprint density at radius 3 is 1.38 bits per heavy atom. The summed E-state index contributed by atoms with van der Waals surface area (Å²) in [6.07, 6.45) is 0. The molecule has 2 aromatic heterocycles. The first-order valence-corrected chi connectivity index (χ1v) is 22.7. The maximum Gasteiger partial charge on any atom is 0.164 e. The molecule has 0 saturated heterocycles. The van der Waals surface area contributed by atoms with Crippen molar-refractivity contribution in [1.82, 2.24) is 15.0 Å². The predicted molar refractivity (Wildman–Crippen MR) is 274 cm³/mol. The fourth-order valence-electron chi connectivity index (χ4n) is 9.18. The van der Waals surface area contributed by atoms with Crippen LogP contribution >= 0.6 is 11.3 Å². The molecule has 0 radical (unpaired) electrons. The van der Waals surface area contributed by atoms with Crippen molar-refractivity contribution in [3.63, 3.8) is 0 Å². The van der Waals surface area contributed by atoms with Gasteiger partial charge in [0.2, 0.25) is 0 Å². The number of benzene rings is 10. The van der Waals surface area contributed by atoms with Crippen molar-refractivity contribution >= 4 is 42.3 Å². The van der Waals surface area contributed by atoms with Crippen LogP contribution < -0.4 is 0 Å². The molecule has 0 N–H and O–H groups in total. The minimum atomic E-state index is 0.620. The lowest BCUT2D eigenvalue weighted by atomic mass is 9.91. The molecule has 12 aromatic rings. The van der Waals surface area contributed by atoms with E-state index in [1.165, 1.54) is 58.8 Å². The van der Waals surface area contributed by atoms with Gasteiger partial charge in [0, 0.05) is 36.9 Å². The molecule has 0 bridgehead atoms. The van der Waals surface area contributed by atoms with Crippen molar-refractivity contribution < 1.29 is 0 Å². The predicted octanol–water partition coefficient (Wildman–Crippen LogP) is 16.7. The van der Waals surface area contributed by atoms with E-state index in [4.69, 9.17) is 15.0 Å². The Kier molecular flexibility index (Phi) is 9.70. The summed E-state index contributed by atoms with van der Waals surface area (Å²) in [5, 5.41) is 5.03. The van der Waals surface area contributed by atoms with E-state index in [1.54, 1.807) is 0 Å². The smallest absolute Gasteiger partial charge is 0.164 e. The number of fused-ring (bicyclic) bond motifs is 4. The van der Waals surface area contributed by atoms with E-state index in [1.807, 2.05) is 23.5 Å². The monoisotopic (exact) mass is 845 g/mol. The van der Waals surface area contributed by atoms with Gasteiger partial charge in [-0.25, -0.2) is 15.0 Å². The molecule has 0 spiro atoms. The third-order valence-electron chi connectivity index (χ3n) is 12.4. The van der Waals surface area contributed by atoms with E-state index in [-0.39, 0.29) is 0 Å². The number of hydrogen-bond acceptors (Lipinski definition) is 4. The van der Waals surface area contributed by atoms with E-state index in [0.29, 0.717) is 17.5 Å². The minimum absolute atomic E-state index is 0.620. The standard InChI is InChI=1S/C61H39N3S/c1-3-15-40(16-4-1)41-29-35-45(36-30-41)59-62-60(64-61(63-59)56-25-10-7-21-48(56)42-17-5-2-6-18-42)47-20-13-19-46(39-47)50-38-37-49(52-22-8-9-23-53(50)52)43-31-33-44(34-32-43)51-26-14-27-55-54-24-11-12-28-57(54)65-58(51)55/h1-39H. The largest absolute Gasteiger partial charge is 0.208 e. The molecule has 0 amide bonds. The third-order valence-corrected chi connectivity index (χ3v) is 13.6. The van der Waals surface area contributed by atoms with Crippen molar-refractivity contribution in [1.29, 1.82) is 0 Å². The number of nitrogens with zero attached hydrogens (tertiary/aromatic N) is 3. The van der Waals surface area contributed by atoms with Crippen LogP contribution in [0.1, 0.15) is 0 Å². The van der Waals surface area contributed by atoms with Gasteiger partial charge in [0.15, 0.2) is 17.5 Å². The van der Waals surface area contributed by atoms with Gasteiger partial charge in [0.1, 0.15) is 0 Å². The first kappa shape index (κ1) is 38.4. The maximum absolute atomic E-state index is 5.24. The summed E-state index contributed by atoms with van der Waals surface area (Å²) in [5.74, 6) is 1.87. The second kappa shape index (κ2) is 16.4. The van der Waals surface area contributed by atoms with Crippen LogP contribution in [0.15, 0.2) is 237 Å². The Balaban J connectivity index is 0.933. The molecule has 0 saturated carbocycles. The van der Waals surface area contributed by atoms with Crippen LogP contribution in [-0.4, -0.2) is 15.0 Å². The van der Waals surface area contributed by atoms with Crippen LogP contribution in [0.4, 0.5) is 0 Å². The summed E-state index contributed by atoms with van der Waals surface area (Å²) in [5.41, 5.74) is 14.4. The van der Waals surface area contributed by atoms with Gasteiger partial charge >= 0.3 is 0 Å². The molecular formula is C61H39N3S. The lowest BCUT2D eigenvalue weighted by molar-refractivity contribution is 1.07. The highest BCUT2D eigenvalue weighted by molar-refractivity contribution is 7.26. The van der Waals surface area contributed by atoms with E-state index >= 15 is 0 Å². The molecule has 10 aromatic carbocycles. The topological polar surface area (TPSA) is 38.7 Å². The van der Waals surface area contributed by atoms with Crippen molar-refractivity contribution in [2.45, 2.75) is 0 Å². The highest BCUT2D eigenvalue weighted by Crippen LogP contribution is 2.42. The molecule has 0 aliphatic rings. The van der Waals surface area contributed by atoms with E-state index in [2.05, 4.69) is 224 Å². The normalized spacial score (nSPS) is 11.4. The van der Waals surface area contributed by atoms with Gasteiger partial charge in [0.25, 0.3) is 0 Å². The Morgan fingerprint density at radius 2 is 0.662 bits per heavy atom. The maximum atomic E-state index is 5.24. The van der Waals surface area contributed by atoms with Crippen LogP contribution in [0.25, 0.3) is 121 Å². The highest BCUT2D eigenvalue weighted by Gasteiger charge is 2.18. The minimum Gasteiger partial charge on any atom is -0.208 e. The zero-order valence-electron chi connectivity index (χ0n) is 35.3. The summed E-state index contributed by atoms with van der Waals surface area (Å²) in [6, 6.07) is 84.1. The van der Waals surface area contributed by atoms with Gasteiger partial charge in [-0.2, -0.15) is 0 Å². The van der Waals surface area contributed by atoms with Gasteiger partial charge in [-0.15, -0.1) is 11.3 Å². The van der Waals surface area contributed by atoms with Crippen molar-refractivity contribution in [3.05, 3.63) is 237 Å². The summed E-state index contributed by atoms with van der Waals surface area (Å²) in [7, 11) is 0. The van der Waals surface area contributed by atoms with Crippen LogP contribution in [0.5, 0.6) is 0 Å². The van der Waals surface area contributed by atoms with Gasteiger partial charge < -0.3 is 0 Å². The molecule has 0 aliphatic heterocycles. The first-order chi connectivity index (χ1) is 32.2. The summed E-state index contributed by atoms with van der Waals surface area (Å²) >= 11 is 1.87. The van der Waals surface area contributed by atoms with Crippen LogP contribution in [0, 0.1) is 0 Å². The molecule has 4 heteroatoms. The number of hydrogen-bond donors (Lipinski definition) is 0. The van der Waals surface area contributed by atoms with Gasteiger partial charge in [-0.05, 0) is 78.5 Å². The molecule has 0 unspecified atom stereocenters. The zero-order valence-corrected chi connectivity index (χ0v) is 36.1. The lowest BCUT2D eigenvalue weighted by Gasteiger charge is -2.14. The summed E-state index contributed by atoms with van der Waals surface area (Å²) < 4.78 is 2.65. The van der Waals surface area contributed by atoms with Gasteiger partial charge in [0.05, 0.1) is 0 Å². The van der Waals surface area contributed by atoms with E-state index in [0.717, 1.165) is 44.5 Å². The van der Waals surface area contributed by atoms with Crippen molar-refractivity contribution in [2.24, 2.45) is 0 Å². The zero-order chi connectivity index (χ0) is 43.1. The van der Waals surface area contributed by atoms with E-state index in [9.17, 15) is 0 Å². The fraction of sp³-hybridized carbons (Fsp3) is 0. The Bertz CT molecular complexity index is 3690. The van der Waals surface area contributed by atoms with Crippen LogP contribution in [0.3, 0.4) is 0 Å². The number of rotatable bonds is 8. The average molecular weight is 846 g/mol. The molecule has 3 nitrogen and oxygen atoms in total. The number of aromatic nitrogens is 3. The molecular weight excluding hydrogens is 807 g/mol. The van der Waals surface area contributed by atoms with Crippen molar-refractivity contribution in [3.8, 4) is 89.8 Å². The second-order valence-corrected chi connectivity index (χ2v) is 17.4. The molecule has 304 valence electrons. The average Bonchev–Trinajstić information content (AvgIpc) is 3.78. The molecule has 0 fully saturated rings. The van der Waals surface area contributed by atoms with E-state index < -0.39 is 0 Å². The molecule has 12 rings (SSSR count). The molecule has 65 heavy (non-hydrogen) atoms. The molecule has 0 atom stereocenters. The third kappa shape index (κ3) is 7.16. The van der Waals surface area contributed by atoms with Gasteiger partial charge in [-0.1, -0.05) is 224 Å². The number of thiophene rings is 1. The second-order valence-electron chi connectivity index (χ2n) is 16.3. The van der Waals surface area contributed by atoms with Crippen molar-refractivity contribution in [2.75, 3.05) is 0 Å². The summed E-state index contributed by atoms with van der Waals surface area (Å²) in [4.78, 5) is 15.6. The Hall–Kier alpha value is -8.31. The fourth-order valence-corrected chi connectivity index (χ4v) is 10.4. The van der Waals surface area contributed by atoms with Crippen LogP contribution in [0.2, 0.25) is 0 Å². The lowest BCUT2D eigenvalue weighted by Crippen LogP contribution is -2.01. The van der Waals surface area contributed by atoms with Crippen LogP contribution in [-0.2, 0) is 0 Å². The molecule has 0 aliphatic carbocycles. The quantitative estimate of drug-likeness (QED) is 0.153. The highest BCUT2D eigenvalue weighted by atomic mass is 32.1. The SMILES string of the molecule is c1ccc(-c2ccc(-c3nc(-c4cccc(-c5ccc(-c6ccc(-c7cccc8c7sc7ccccc78)cc6)c6ccccc56)c4)nc(-c4ccccc4-c4ccccc4)n3)cc2)cc1. The first-order valence-electron chi connectivity index (χ1n) is 21.9. The van der Waals surface area contributed by atoms with Gasteiger partial charge in [-0.3, -0.25) is 0 Å². The molecule has 2 heterocycles.